The van der Waals surface area contributed by atoms with E-state index in [2.05, 4.69) is 5.32 Å². The number of hydrogen-bond donors (Lipinski definition) is 3. The Morgan fingerprint density at radius 1 is 0.784 bits per heavy atom. The number of carbonyl (C=O) groups is 2. The van der Waals surface area contributed by atoms with Crippen molar-refractivity contribution < 1.29 is 28.2 Å². The summed E-state index contributed by atoms with van der Waals surface area (Å²) in [6.45, 7) is 0. The molecule has 0 aliphatic rings. The predicted molar refractivity (Wildman–Crippen MR) is 141 cm³/mol. The standard InChI is InChI=1S/C29H25NO6S/c1-37(35,36)24-14-11-22(12-15-24)23-13-16-27(31)25(18-23)28(32)30-26(29(33)34)17-19-7-9-21(10-8-19)20-5-3-2-4-6-20/h2-16,18,26,31H,17H2,1H3,(H,30,32)(H,33,34)/t26-/m0/s1. The lowest BCUT2D eigenvalue weighted by Crippen LogP contribution is -2.42. The average Bonchev–Trinajstić information content (AvgIpc) is 2.89. The molecule has 0 aliphatic carbocycles. The van der Waals surface area contributed by atoms with Crippen molar-refractivity contribution in [2.45, 2.75) is 17.4 Å². The number of phenolic OH excluding ortho intramolecular Hbond substituents is 1. The molecule has 4 rings (SSSR count). The molecule has 0 spiro atoms. The van der Waals surface area contributed by atoms with Gasteiger partial charge in [-0.3, -0.25) is 4.79 Å². The summed E-state index contributed by atoms with van der Waals surface area (Å²) in [6, 6.07) is 26.5. The Kier molecular flexibility index (Phi) is 7.40. The van der Waals surface area contributed by atoms with E-state index in [0.29, 0.717) is 11.1 Å². The van der Waals surface area contributed by atoms with Gasteiger partial charge < -0.3 is 15.5 Å². The van der Waals surface area contributed by atoms with Gasteiger partial charge in [0, 0.05) is 12.7 Å². The Labute approximate surface area is 215 Å². The number of aliphatic carboxylic acids is 1. The lowest BCUT2D eigenvalue weighted by atomic mass is 9.99. The van der Waals surface area contributed by atoms with Crippen molar-refractivity contribution in [2.75, 3.05) is 6.26 Å². The number of carbonyl (C=O) groups excluding carboxylic acids is 1. The van der Waals surface area contributed by atoms with Crippen LogP contribution in [-0.4, -0.2) is 42.8 Å². The van der Waals surface area contributed by atoms with Crippen LogP contribution in [0.2, 0.25) is 0 Å². The van der Waals surface area contributed by atoms with Crippen LogP contribution in [0, 0.1) is 0 Å². The Bertz CT molecular complexity index is 1530. The lowest BCUT2D eigenvalue weighted by molar-refractivity contribution is -0.139. The highest BCUT2D eigenvalue weighted by Crippen LogP contribution is 2.27. The summed E-state index contributed by atoms with van der Waals surface area (Å²) >= 11 is 0. The van der Waals surface area contributed by atoms with Crippen LogP contribution in [0.15, 0.2) is 102 Å². The van der Waals surface area contributed by atoms with E-state index in [4.69, 9.17) is 0 Å². The molecule has 4 aromatic carbocycles. The summed E-state index contributed by atoms with van der Waals surface area (Å²) in [7, 11) is -3.35. The molecule has 0 radical (unpaired) electrons. The first kappa shape index (κ1) is 25.7. The van der Waals surface area contributed by atoms with E-state index in [0.717, 1.165) is 22.9 Å². The van der Waals surface area contributed by atoms with Gasteiger partial charge in [-0.2, -0.15) is 0 Å². The van der Waals surface area contributed by atoms with Crippen LogP contribution in [0.1, 0.15) is 15.9 Å². The van der Waals surface area contributed by atoms with Gasteiger partial charge in [0.05, 0.1) is 10.5 Å². The lowest BCUT2D eigenvalue weighted by Gasteiger charge is -2.16. The van der Waals surface area contributed by atoms with E-state index < -0.39 is 27.8 Å². The van der Waals surface area contributed by atoms with E-state index >= 15 is 0 Å². The number of sulfone groups is 1. The number of amides is 1. The van der Waals surface area contributed by atoms with Gasteiger partial charge >= 0.3 is 5.97 Å². The topological polar surface area (TPSA) is 121 Å². The fourth-order valence-electron chi connectivity index (χ4n) is 3.93. The smallest absolute Gasteiger partial charge is 0.326 e. The highest BCUT2D eigenvalue weighted by atomic mass is 32.2. The second-order valence-electron chi connectivity index (χ2n) is 8.66. The normalized spacial score (nSPS) is 12.0. The molecule has 8 heteroatoms. The number of rotatable bonds is 8. The predicted octanol–water partition coefficient (Wildman–Crippen LogP) is 4.56. The Hall–Kier alpha value is -4.43. The molecule has 0 bridgehead atoms. The van der Waals surface area contributed by atoms with Crippen molar-refractivity contribution >= 4 is 21.7 Å². The maximum absolute atomic E-state index is 13.0. The SMILES string of the molecule is CS(=O)(=O)c1ccc(-c2ccc(O)c(C(=O)N[C@@H](Cc3ccc(-c4ccccc4)cc3)C(=O)O)c2)cc1. The summed E-state index contributed by atoms with van der Waals surface area (Å²) in [5.41, 5.74) is 3.87. The second-order valence-corrected chi connectivity index (χ2v) is 10.7. The molecule has 0 aromatic heterocycles. The van der Waals surface area contributed by atoms with Gasteiger partial charge in [-0.15, -0.1) is 0 Å². The van der Waals surface area contributed by atoms with Crippen LogP contribution in [-0.2, 0) is 21.1 Å². The average molecular weight is 516 g/mol. The van der Waals surface area contributed by atoms with Gasteiger partial charge in [-0.25, -0.2) is 13.2 Å². The van der Waals surface area contributed by atoms with Crippen LogP contribution >= 0.6 is 0 Å². The summed E-state index contributed by atoms with van der Waals surface area (Å²) in [5, 5.41) is 22.5. The first-order valence-electron chi connectivity index (χ1n) is 11.4. The van der Waals surface area contributed by atoms with Gasteiger partial charge in [-0.1, -0.05) is 72.8 Å². The number of carboxylic acids is 1. The molecule has 1 amide bonds. The fourth-order valence-corrected chi connectivity index (χ4v) is 4.56. The molecule has 1 atom stereocenters. The van der Waals surface area contributed by atoms with Crippen LogP contribution in [0.4, 0.5) is 0 Å². The number of nitrogens with one attached hydrogen (secondary N) is 1. The number of aromatic hydroxyl groups is 1. The van der Waals surface area contributed by atoms with Crippen LogP contribution in [0.5, 0.6) is 5.75 Å². The van der Waals surface area contributed by atoms with E-state index in [-0.39, 0.29) is 22.6 Å². The van der Waals surface area contributed by atoms with Crippen LogP contribution in [0.25, 0.3) is 22.3 Å². The molecular formula is C29H25NO6S. The van der Waals surface area contributed by atoms with E-state index in [1.807, 2.05) is 54.6 Å². The van der Waals surface area contributed by atoms with Crippen molar-refractivity contribution in [1.29, 1.82) is 0 Å². The molecule has 0 saturated carbocycles. The number of hydrogen-bond acceptors (Lipinski definition) is 5. The second kappa shape index (κ2) is 10.7. The zero-order valence-electron chi connectivity index (χ0n) is 20.0. The minimum Gasteiger partial charge on any atom is -0.507 e. The molecule has 3 N–H and O–H groups in total. The Morgan fingerprint density at radius 2 is 1.32 bits per heavy atom. The molecule has 0 saturated heterocycles. The molecular weight excluding hydrogens is 490 g/mol. The van der Waals surface area contributed by atoms with Crippen molar-refractivity contribution in [1.82, 2.24) is 5.32 Å². The molecule has 0 unspecified atom stereocenters. The van der Waals surface area contributed by atoms with Gasteiger partial charge in [-0.05, 0) is 52.1 Å². The molecule has 0 aliphatic heterocycles. The van der Waals surface area contributed by atoms with Gasteiger partial charge in [0.2, 0.25) is 0 Å². The van der Waals surface area contributed by atoms with E-state index in [9.17, 15) is 28.2 Å². The first-order chi connectivity index (χ1) is 17.6. The maximum atomic E-state index is 13.0. The van der Waals surface area contributed by atoms with E-state index in [1.54, 1.807) is 18.2 Å². The summed E-state index contributed by atoms with van der Waals surface area (Å²) in [6.07, 6.45) is 1.17. The molecule has 37 heavy (non-hydrogen) atoms. The quantitative estimate of drug-likeness (QED) is 0.317. The third kappa shape index (κ3) is 6.23. The fraction of sp³-hybridized carbons (Fsp3) is 0.103. The largest absolute Gasteiger partial charge is 0.507 e. The maximum Gasteiger partial charge on any atom is 0.326 e. The highest BCUT2D eigenvalue weighted by Gasteiger charge is 2.23. The zero-order valence-corrected chi connectivity index (χ0v) is 20.8. The minimum atomic E-state index is -3.35. The summed E-state index contributed by atoms with van der Waals surface area (Å²) in [5.74, 6) is -2.24. The number of phenols is 1. The summed E-state index contributed by atoms with van der Waals surface area (Å²) < 4.78 is 23.4. The number of carboxylic acid groups (broad SMARTS) is 1. The Morgan fingerprint density at radius 3 is 1.92 bits per heavy atom. The van der Waals surface area contributed by atoms with E-state index in [1.165, 1.54) is 24.3 Å². The van der Waals surface area contributed by atoms with Crippen molar-refractivity contribution in [3.63, 3.8) is 0 Å². The zero-order chi connectivity index (χ0) is 26.6. The number of benzene rings is 4. The molecule has 0 fully saturated rings. The molecule has 7 nitrogen and oxygen atoms in total. The van der Waals surface area contributed by atoms with Gasteiger partial charge in [0.25, 0.3) is 5.91 Å². The summed E-state index contributed by atoms with van der Waals surface area (Å²) in [4.78, 5) is 25.0. The van der Waals surface area contributed by atoms with Gasteiger partial charge in [0.1, 0.15) is 11.8 Å². The van der Waals surface area contributed by atoms with Crippen molar-refractivity contribution in [3.8, 4) is 28.0 Å². The van der Waals surface area contributed by atoms with Crippen LogP contribution in [0.3, 0.4) is 0 Å². The minimum absolute atomic E-state index is 0.0591. The molecule has 4 aromatic rings. The Balaban J connectivity index is 1.51. The molecule has 0 heterocycles. The first-order valence-corrected chi connectivity index (χ1v) is 13.3. The van der Waals surface area contributed by atoms with Crippen molar-refractivity contribution in [2.24, 2.45) is 0 Å². The van der Waals surface area contributed by atoms with Crippen LogP contribution < -0.4 is 5.32 Å². The van der Waals surface area contributed by atoms with Gasteiger partial charge in [0.15, 0.2) is 9.84 Å². The van der Waals surface area contributed by atoms with Crippen molar-refractivity contribution in [3.05, 3.63) is 108 Å². The third-order valence-electron chi connectivity index (χ3n) is 5.96. The highest BCUT2D eigenvalue weighted by molar-refractivity contribution is 7.90. The monoisotopic (exact) mass is 515 g/mol. The third-order valence-corrected chi connectivity index (χ3v) is 7.09. The molecule has 188 valence electrons.